The molecule has 0 saturated carbocycles. The Morgan fingerprint density at radius 2 is 2.04 bits per heavy atom. The Labute approximate surface area is 148 Å². The summed E-state index contributed by atoms with van der Waals surface area (Å²) in [5, 5.41) is 9.87. The molecule has 0 spiro atoms. The molecule has 0 radical (unpaired) electrons. The number of aromatic nitrogens is 3. The SMILES string of the molecule is Cc1[nH]nc(C(=O)N(C)CC(C)(C)CNC(=O)c2ccn(C)c2)c1C. The summed E-state index contributed by atoms with van der Waals surface area (Å²) in [7, 11) is 3.63. The predicted molar refractivity (Wildman–Crippen MR) is 96.5 cm³/mol. The van der Waals surface area contributed by atoms with Crippen LogP contribution < -0.4 is 5.32 Å². The normalized spacial score (nSPS) is 11.4. The molecule has 25 heavy (non-hydrogen) atoms. The van der Waals surface area contributed by atoms with Crippen molar-refractivity contribution in [1.82, 2.24) is 25.0 Å². The van der Waals surface area contributed by atoms with Gasteiger partial charge in [0.15, 0.2) is 5.69 Å². The van der Waals surface area contributed by atoms with Crippen LogP contribution in [0.5, 0.6) is 0 Å². The third kappa shape index (κ3) is 4.49. The number of hydrogen-bond donors (Lipinski definition) is 2. The maximum Gasteiger partial charge on any atom is 0.274 e. The molecule has 0 atom stereocenters. The topological polar surface area (TPSA) is 83.0 Å². The zero-order valence-electron chi connectivity index (χ0n) is 15.8. The van der Waals surface area contributed by atoms with Crippen molar-refractivity contribution in [2.45, 2.75) is 27.7 Å². The Hall–Kier alpha value is -2.57. The lowest BCUT2D eigenvalue weighted by molar-refractivity contribution is 0.0724. The van der Waals surface area contributed by atoms with Crippen LogP contribution in [-0.4, -0.2) is 51.6 Å². The van der Waals surface area contributed by atoms with E-state index < -0.39 is 0 Å². The van der Waals surface area contributed by atoms with Gasteiger partial charge >= 0.3 is 0 Å². The molecule has 2 N–H and O–H groups in total. The van der Waals surface area contributed by atoms with Crippen LogP contribution >= 0.6 is 0 Å². The molecule has 7 nitrogen and oxygen atoms in total. The highest BCUT2D eigenvalue weighted by molar-refractivity contribution is 5.94. The first-order chi connectivity index (χ1) is 11.6. The minimum Gasteiger partial charge on any atom is -0.356 e. The fourth-order valence-corrected chi connectivity index (χ4v) is 2.70. The summed E-state index contributed by atoms with van der Waals surface area (Å²) >= 11 is 0. The number of aryl methyl sites for hydroxylation is 2. The number of amides is 2. The quantitative estimate of drug-likeness (QED) is 0.839. The molecule has 2 rings (SSSR count). The van der Waals surface area contributed by atoms with Crippen molar-refractivity contribution in [1.29, 1.82) is 0 Å². The second kappa shape index (κ2) is 7.13. The van der Waals surface area contributed by atoms with E-state index in [4.69, 9.17) is 0 Å². The Morgan fingerprint density at radius 3 is 2.56 bits per heavy atom. The Balaban J connectivity index is 1.94. The minimum absolute atomic E-state index is 0.110. The lowest BCUT2D eigenvalue weighted by atomic mass is 9.92. The van der Waals surface area contributed by atoms with Gasteiger partial charge < -0.3 is 14.8 Å². The van der Waals surface area contributed by atoms with Gasteiger partial charge in [-0.05, 0) is 25.3 Å². The van der Waals surface area contributed by atoms with Crippen LogP contribution in [0, 0.1) is 19.3 Å². The predicted octanol–water partition coefficient (Wildman–Crippen LogP) is 1.89. The molecule has 7 heteroatoms. The first-order valence-corrected chi connectivity index (χ1v) is 8.28. The first-order valence-electron chi connectivity index (χ1n) is 8.28. The molecule has 0 aliphatic rings. The summed E-state index contributed by atoms with van der Waals surface area (Å²) in [6.07, 6.45) is 3.61. The van der Waals surface area contributed by atoms with Gasteiger partial charge in [-0.3, -0.25) is 14.7 Å². The lowest BCUT2D eigenvalue weighted by Crippen LogP contribution is -2.43. The van der Waals surface area contributed by atoms with Crippen LogP contribution in [0.4, 0.5) is 0 Å². The highest BCUT2D eigenvalue weighted by Gasteiger charge is 2.26. The maximum absolute atomic E-state index is 12.6. The Bertz CT molecular complexity index is 772. The van der Waals surface area contributed by atoms with Crippen LogP contribution in [0.25, 0.3) is 0 Å². The van der Waals surface area contributed by atoms with E-state index >= 15 is 0 Å². The number of H-pyrrole nitrogens is 1. The van der Waals surface area contributed by atoms with Crippen molar-refractivity contribution >= 4 is 11.8 Å². The average molecular weight is 345 g/mol. The summed E-state index contributed by atoms with van der Waals surface area (Å²) in [5.41, 5.74) is 2.57. The molecule has 0 unspecified atom stereocenters. The minimum atomic E-state index is -0.270. The molecule has 2 aromatic heterocycles. The van der Waals surface area contributed by atoms with Gasteiger partial charge in [0, 0.05) is 50.8 Å². The van der Waals surface area contributed by atoms with E-state index in [1.165, 1.54) is 0 Å². The van der Waals surface area contributed by atoms with E-state index in [0.717, 1.165) is 11.3 Å². The second-order valence-electron chi connectivity index (χ2n) is 7.40. The van der Waals surface area contributed by atoms with Gasteiger partial charge in [0.05, 0.1) is 5.56 Å². The molecular weight excluding hydrogens is 318 g/mol. The number of carbonyl (C=O) groups is 2. The summed E-state index contributed by atoms with van der Waals surface area (Å²) in [5.74, 6) is -0.231. The molecule has 0 bridgehead atoms. The van der Waals surface area contributed by atoms with E-state index in [2.05, 4.69) is 15.5 Å². The maximum atomic E-state index is 12.6. The van der Waals surface area contributed by atoms with E-state index in [0.29, 0.717) is 24.3 Å². The molecule has 0 saturated heterocycles. The van der Waals surface area contributed by atoms with E-state index in [-0.39, 0.29) is 17.2 Å². The fourth-order valence-electron chi connectivity index (χ4n) is 2.70. The van der Waals surface area contributed by atoms with Crippen molar-refractivity contribution in [3.63, 3.8) is 0 Å². The number of carbonyl (C=O) groups excluding carboxylic acids is 2. The summed E-state index contributed by atoms with van der Waals surface area (Å²) in [4.78, 5) is 26.4. The molecule has 0 aliphatic carbocycles. The van der Waals surface area contributed by atoms with Gasteiger partial charge in [0.25, 0.3) is 11.8 Å². The zero-order valence-corrected chi connectivity index (χ0v) is 15.8. The van der Waals surface area contributed by atoms with E-state index in [1.54, 1.807) is 24.2 Å². The number of hydrogen-bond acceptors (Lipinski definition) is 3. The van der Waals surface area contributed by atoms with E-state index in [1.807, 2.05) is 45.5 Å². The monoisotopic (exact) mass is 345 g/mol. The van der Waals surface area contributed by atoms with Crippen molar-refractivity contribution in [2.24, 2.45) is 12.5 Å². The lowest BCUT2D eigenvalue weighted by Gasteiger charge is -2.30. The van der Waals surface area contributed by atoms with Gasteiger partial charge in [0.2, 0.25) is 0 Å². The smallest absolute Gasteiger partial charge is 0.274 e. The van der Waals surface area contributed by atoms with Crippen molar-refractivity contribution in [3.8, 4) is 0 Å². The molecular formula is C18H27N5O2. The molecule has 2 aromatic rings. The van der Waals surface area contributed by atoms with Gasteiger partial charge in [-0.25, -0.2) is 0 Å². The average Bonchev–Trinajstić information content (AvgIpc) is 3.11. The second-order valence-corrected chi connectivity index (χ2v) is 7.40. The van der Waals surface area contributed by atoms with Crippen molar-refractivity contribution < 1.29 is 9.59 Å². The van der Waals surface area contributed by atoms with Crippen molar-refractivity contribution in [3.05, 3.63) is 41.0 Å². The number of nitrogens with one attached hydrogen (secondary N) is 2. The van der Waals surface area contributed by atoms with Crippen LogP contribution in [-0.2, 0) is 7.05 Å². The molecule has 0 fully saturated rings. The van der Waals surface area contributed by atoms with Crippen molar-refractivity contribution in [2.75, 3.05) is 20.1 Å². The largest absolute Gasteiger partial charge is 0.356 e. The number of rotatable bonds is 6. The highest BCUT2D eigenvalue weighted by Crippen LogP contribution is 2.18. The van der Waals surface area contributed by atoms with Crippen LogP contribution in [0.3, 0.4) is 0 Å². The zero-order chi connectivity index (χ0) is 18.8. The molecule has 0 aliphatic heterocycles. The summed E-state index contributed by atoms with van der Waals surface area (Å²) in [6, 6.07) is 1.78. The van der Waals surface area contributed by atoms with Crippen LogP contribution in [0.1, 0.15) is 46.0 Å². The third-order valence-corrected chi connectivity index (χ3v) is 4.29. The number of nitrogens with zero attached hydrogens (tertiary/aromatic N) is 3. The first kappa shape index (κ1) is 18.8. The molecule has 2 heterocycles. The van der Waals surface area contributed by atoms with Gasteiger partial charge in [-0.1, -0.05) is 13.8 Å². The van der Waals surface area contributed by atoms with Gasteiger partial charge in [0.1, 0.15) is 0 Å². The molecule has 136 valence electrons. The van der Waals surface area contributed by atoms with Crippen LogP contribution in [0.2, 0.25) is 0 Å². The Kier molecular flexibility index (Phi) is 5.35. The number of aromatic amines is 1. The van der Waals surface area contributed by atoms with Gasteiger partial charge in [-0.15, -0.1) is 0 Å². The molecule has 0 aromatic carbocycles. The highest BCUT2D eigenvalue weighted by atomic mass is 16.2. The van der Waals surface area contributed by atoms with E-state index in [9.17, 15) is 9.59 Å². The fraction of sp³-hybridized carbons (Fsp3) is 0.500. The third-order valence-electron chi connectivity index (χ3n) is 4.29. The van der Waals surface area contributed by atoms with Gasteiger partial charge in [-0.2, -0.15) is 5.10 Å². The van der Waals surface area contributed by atoms with Crippen LogP contribution in [0.15, 0.2) is 18.5 Å². The Morgan fingerprint density at radius 1 is 1.36 bits per heavy atom. The molecule has 2 amide bonds. The summed E-state index contributed by atoms with van der Waals surface area (Å²) in [6.45, 7) is 8.78. The standard InChI is InChI=1S/C18H27N5O2/c1-12-13(2)20-21-15(12)17(25)23(6)11-18(3,4)10-19-16(24)14-7-8-22(5)9-14/h7-9H,10-11H2,1-6H3,(H,19,24)(H,20,21). The summed E-state index contributed by atoms with van der Waals surface area (Å²) < 4.78 is 1.83.